The summed E-state index contributed by atoms with van der Waals surface area (Å²) in [5, 5.41) is 2.99. The summed E-state index contributed by atoms with van der Waals surface area (Å²) in [5.74, 6) is 0.784. The highest BCUT2D eigenvalue weighted by Crippen LogP contribution is 2.24. The molecule has 2 rings (SSSR count). The van der Waals surface area contributed by atoms with E-state index >= 15 is 0 Å². The van der Waals surface area contributed by atoms with Crippen LogP contribution in [0, 0.1) is 0 Å². The Morgan fingerprint density at radius 2 is 2.28 bits per heavy atom. The van der Waals surface area contributed by atoms with Gasteiger partial charge in [-0.2, -0.15) is 0 Å². The molecule has 18 heavy (non-hydrogen) atoms. The number of anilines is 1. The van der Waals surface area contributed by atoms with Crippen LogP contribution in [0.3, 0.4) is 0 Å². The topological polar surface area (TPSA) is 46.2 Å². The Morgan fingerprint density at radius 1 is 1.44 bits per heavy atom. The third-order valence-corrected chi connectivity index (χ3v) is 3.48. The number of fused-ring (bicyclic) bond motifs is 1. The van der Waals surface area contributed by atoms with Crippen molar-refractivity contribution in [3.63, 3.8) is 0 Å². The van der Waals surface area contributed by atoms with Crippen LogP contribution >= 0.6 is 11.8 Å². The summed E-state index contributed by atoms with van der Waals surface area (Å²) < 4.78 is 0. The smallest absolute Gasteiger partial charge is 0.224 e. The molecule has 1 N–H and O–H groups in total. The number of nitrogens with one attached hydrogen (secondary N) is 1. The summed E-state index contributed by atoms with van der Waals surface area (Å²) in [5.41, 5.74) is 3.20. The van der Waals surface area contributed by atoms with E-state index in [2.05, 4.69) is 11.4 Å². The van der Waals surface area contributed by atoms with Crippen LogP contribution in [0.4, 0.5) is 5.69 Å². The van der Waals surface area contributed by atoms with Crippen molar-refractivity contribution >= 4 is 34.5 Å². The molecule has 0 aromatic heterocycles. The van der Waals surface area contributed by atoms with Gasteiger partial charge in [0.25, 0.3) is 0 Å². The van der Waals surface area contributed by atoms with Crippen LogP contribution in [0.2, 0.25) is 0 Å². The summed E-state index contributed by atoms with van der Waals surface area (Å²) in [6, 6.07) is 5.99. The maximum atomic E-state index is 11.2. The lowest BCUT2D eigenvalue weighted by Crippen LogP contribution is -2.18. The average Bonchev–Trinajstić information content (AvgIpc) is 2.34. The zero-order valence-corrected chi connectivity index (χ0v) is 11.0. The summed E-state index contributed by atoms with van der Waals surface area (Å²) in [6.07, 6.45) is 5.34. The van der Waals surface area contributed by atoms with Crippen LogP contribution in [0.25, 0.3) is 6.08 Å². The maximum absolute atomic E-state index is 11.2. The predicted molar refractivity (Wildman–Crippen MR) is 75.6 cm³/mol. The van der Waals surface area contributed by atoms with Crippen molar-refractivity contribution in [1.82, 2.24) is 0 Å². The highest BCUT2D eigenvalue weighted by atomic mass is 32.2. The first-order valence-electron chi connectivity index (χ1n) is 5.88. The molecule has 0 bridgehead atoms. The molecule has 0 unspecified atom stereocenters. The van der Waals surface area contributed by atoms with Crippen molar-refractivity contribution in [3.05, 3.63) is 35.4 Å². The molecule has 94 valence electrons. The van der Waals surface area contributed by atoms with E-state index in [1.54, 1.807) is 6.92 Å². The fraction of sp³-hybridized carbons (Fsp3) is 0.286. The van der Waals surface area contributed by atoms with E-state index < -0.39 is 0 Å². The van der Waals surface area contributed by atoms with Gasteiger partial charge in [-0.25, -0.2) is 0 Å². The predicted octanol–water partition coefficient (Wildman–Crippen LogP) is 2.86. The molecule has 0 saturated heterocycles. The van der Waals surface area contributed by atoms with Gasteiger partial charge in [0.05, 0.1) is 0 Å². The lowest BCUT2D eigenvalue weighted by molar-refractivity contribution is -0.116. The highest BCUT2D eigenvalue weighted by molar-refractivity contribution is 8.13. The van der Waals surface area contributed by atoms with Crippen molar-refractivity contribution in [1.29, 1.82) is 0 Å². The van der Waals surface area contributed by atoms with Crippen LogP contribution in [-0.2, 0) is 16.0 Å². The van der Waals surface area contributed by atoms with Crippen LogP contribution in [0.5, 0.6) is 0 Å². The van der Waals surface area contributed by atoms with Gasteiger partial charge >= 0.3 is 0 Å². The van der Waals surface area contributed by atoms with E-state index in [0.717, 1.165) is 17.7 Å². The molecule has 1 aliphatic heterocycles. The zero-order valence-electron chi connectivity index (χ0n) is 10.2. The first-order chi connectivity index (χ1) is 8.65. The van der Waals surface area contributed by atoms with Crippen molar-refractivity contribution in [2.24, 2.45) is 0 Å². The van der Waals surface area contributed by atoms with Gasteiger partial charge in [-0.1, -0.05) is 30.0 Å². The largest absolute Gasteiger partial charge is 0.326 e. The molecule has 1 aliphatic rings. The summed E-state index contributed by atoms with van der Waals surface area (Å²) in [6.45, 7) is 1.57. The molecule has 0 saturated carbocycles. The van der Waals surface area contributed by atoms with Crippen molar-refractivity contribution in [2.45, 2.75) is 19.8 Å². The van der Waals surface area contributed by atoms with Gasteiger partial charge < -0.3 is 5.32 Å². The molecule has 0 spiro atoms. The molecule has 0 fully saturated rings. The lowest BCUT2D eigenvalue weighted by Gasteiger charge is -2.16. The van der Waals surface area contributed by atoms with Crippen molar-refractivity contribution in [2.75, 3.05) is 11.1 Å². The number of thioether (sulfide) groups is 1. The molecule has 0 atom stereocenters. The third-order valence-electron chi connectivity index (χ3n) is 2.72. The Hall–Kier alpha value is -1.55. The second kappa shape index (κ2) is 5.87. The Bertz CT molecular complexity index is 509. The number of hydrogen-bond donors (Lipinski definition) is 1. The van der Waals surface area contributed by atoms with Crippen LogP contribution < -0.4 is 5.32 Å². The van der Waals surface area contributed by atoms with E-state index in [0.29, 0.717) is 12.2 Å². The number of hydrogen-bond acceptors (Lipinski definition) is 3. The standard InChI is InChI=1S/C14H15NO2S/c1-10(16)18-8-2-3-11-4-6-13-12(9-11)5-7-14(17)15-13/h2-4,6,9H,5,7-8H2,1H3,(H,15,17). The minimum atomic E-state index is 0.0867. The lowest BCUT2D eigenvalue weighted by atomic mass is 10.0. The van der Waals surface area contributed by atoms with Gasteiger partial charge in [0.1, 0.15) is 0 Å². The third kappa shape index (κ3) is 3.47. The van der Waals surface area contributed by atoms with Crippen LogP contribution in [-0.4, -0.2) is 16.8 Å². The molecule has 4 heteroatoms. The number of carbonyl (C=O) groups is 2. The first kappa shape index (κ1) is 12.9. The molecule has 1 aromatic carbocycles. The van der Waals surface area contributed by atoms with E-state index in [1.807, 2.05) is 24.3 Å². The second-order valence-corrected chi connectivity index (χ2v) is 5.37. The molecular weight excluding hydrogens is 246 g/mol. The molecule has 1 heterocycles. The number of amides is 1. The van der Waals surface area contributed by atoms with Gasteiger partial charge in [-0.3, -0.25) is 9.59 Å². The van der Waals surface area contributed by atoms with Crippen molar-refractivity contribution < 1.29 is 9.59 Å². The normalized spacial score (nSPS) is 14.4. The Labute approximate surface area is 111 Å². The number of benzene rings is 1. The minimum Gasteiger partial charge on any atom is -0.326 e. The molecular formula is C14H15NO2S. The van der Waals surface area contributed by atoms with E-state index in [1.165, 1.54) is 17.3 Å². The van der Waals surface area contributed by atoms with Gasteiger partial charge in [-0.15, -0.1) is 0 Å². The van der Waals surface area contributed by atoms with E-state index in [-0.39, 0.29) is 11.0 Å². The zero-order chi connectivity index (χ0) is 13.0. The molecule has 1 amide bonds. The van der Waals surface area contributed by atoms with E-state index in [4.69, 9.17) is 0 Å². The SMILES string of the molecule is CC(=O)SCC=Cc1ccc2c(c1)CCC(=O)N2. The second-order valence-electron chi connectivity index (χ2n) is 4.17. The highest BCUT2D eigenvalue weighted by Gasteiger charge is 2.13. The molecule has 0 aliphatic carbocycles. The summed E-state index contributed by atoms with van der Waals surface area (Å²) >= 11 is 1.30. The van der Waals surface area contributed by atoms with Gasteiger partial charge in [0, 0.05) is 24.8 Å². The Morgan fingerprint density at radius 3 is 3.06 bits per heavy atom. The Balaban J connectivity index is 2.03. The van der Waals surface area contributed by atoms with Crippen molar-refractivity contribution in [3.8, 4) is 0 Å². The van der Waals surface area contributed by atoms with E-state index in [9.17, 15) is 9.59 Å². The van der Waals surface area contributed by atoms with Gasteiger partial charge in [0.15, 0.2) is 5.12 Å². The number of carbonyl (C=O) groups excluding carboxylic acids is 2. The summed E-state index contributed by atoms with van der Waals surface area (Å²) in [4.78, 5) is 22.0. The molecule has 0 radical (unpaired) electrons. The quantitative estimate of drug-likeness (QED) is 0.910. The minimum absolute atomic E-state index is 0.0867. The number of aryl methyl sites for hydroxylation is 1. The van der Waals surface area contributed by atoms with Crippen LogP contribution in [0.1, 0.15) is 24.5 Å². The fourth-order valence-electron chi connectivity index (χ4n) is 1.86. The average molecular weight is 261 g/mol. The van der Waals surface area contributed by atoms with Gasteiger partial charge in [0.2, 0.25) is 5.91 Å². The molecule has 3 nitrogen and oxygen atoms in total. The monoisotopic (exact) mass is 261 g/mol. The first-order valence-corrected chi connectivity index (χ1v) is 6.86. The van der Waals surface area contributed by atoms with Gasteiger partial charge in [-0.05, 0) is 29.7 Å². The molecule has 1 aromatic rings. The van der Waals surface area contributed by atoms with Crippen LogP contribution in [0.15, 0.2) is 24.3 Å². The number of rotatable bonds is 3. The fourth-order valence-corrected chi connectivity index (χ4v) is 2.28. The maximum Gasteiger partial charge on any atom is 0.224 e. The summed E-state index contributed by atoms with van der Waals surface area (Å²) in [7, 11) is 0. The Kier molecular flexibility index (Phi) is 4.20.